The number of esters is 1. The highest BCUT2D eigenvalue weighted by atomic mass is 16.5. The summed E-state index contributed by atoms with van der Waals surface area (Å²) in [5.74, 6) is -0.560. The summed E-state index contributed by atoms with van der Waals surface area (Å²) in [5, 5.41) is 0. The highest BCUT2D eigenvalue weighted by Gasteiger charge is 2.35. The first kappa shape index (κ1) is 17.0. The molecule has 0 aliphatic carbocycles. The summed E-state index contributed by atoms with van der Waals surface area (Å²) in [6.07, 6.45) is 0.320. The van der Waals surface area contributed by atoms with Crippen LogP contribution in [0.4, 0.5) is 0 Å². The van der Waals surface area contributed by atoms with Gasteiger partial charge >= 0.3 is 5.97 Å². The standard InChI is InChI=1S/C24H18O3/c25-22(18-12-6-2-7-13-18)21-16-20(17-10-4-1-5-11-17)24(26)27-23(21)19-14-8-3-9-15-19/h1-15,20H,16H2. The van der Waals surface area contributed by atoms with E-state index in [4.69, 9.17) is 4.74 Å². The van der Waals surface area contributed by atoms with Gasteiger partial charge in [0, 0.05) is 16.7 Å². The molecule has 1 aliphatic heterocycles. The molecule has 0 saturated heterocycles. The minimum atomic E-state index is -0.485. The Balaban J connectivity index is 1.81. The number of hydrogen-bond acceptors (Lipinski definition) is 3. The third-order valence-corrected chi connectivity index (χ3v) is 4.72. The van der Waals surface area contributed by atoms with Gasteiger partial charge in [-0.25, -0.2) is 0 Å². The second kappa shape index (κ2) is 7.42. The molecule has 0 N–H and O–H groups in total. The van der Waals surface area contributed by atoms with Crippen LogP contribution in [0.15, 0.2) is 96.6 Å². The Labute approximate surface area is 157 Å². The zero-order chi connectivity index (χ0) is 18.6. The molecule has 0 spiro atoms. The van der Waals surface area contributed by atoms with Crippen molar-refractivity contribution in [3.63, 3.8) is 0 Å². The highest BCUT2D eigenvalue weighted by Crippen LogP contribution is 2.37. The Morgan fingerprint density at radius 3 is 1.96 bits per heavy atom. The molecule has 3 aromatic rings. The van der Waals surface area contributed by atoms with Crippen molar-refractivity contribution in [1.82, 2.24) is 0 Å². The molecule has 0 bridgehead atoms. The molecule has 0 aromatic heterocycles. The number of carbonyl (C=O) groups is 2. The third kappa shape index (κ3) is 3.44. The molecule has 1 unspecified atom stereocenters. The number of cyclic esters (lactones) is 1. The Bertz CT molecular complexity index is 990. The molecule has 0 amide bonds. The van der Waals surface area contributed by atoms with Crippen molar-refractivity contribution < 1.29 is 14.3 Å². The first-order valence-electron chi connectivity index (χ1n) is 8.89. The van der Waals surface area contributed by atoms with Gasteiger partial charge in [-0.3, -0.25) is 9.59 Å². The van der Waals surface area contributed by atoms with Gasteiger partial charge in [0.05, 0.1) is 5.92 Å². The second-order valence-electron chi connectivity index (χ2n) is 6.46. The predicted molar refractivity (Wildman–Crippen MR) is 104 cm³/mol. The average molecular weight is 354 g/mol. The number of rotatable bonds is 4. The van der Waals surface area contributed by atoms with Crippen LogP contribution in [0.1, 0.15) is 33.8 Å². The van der Waals surface area contributed by atoms with E-state index in [1.807, 2.05) is 78.9 Å². The van der Waals surface area contributed by atoms with Crippen LogP contribution >= 0.6 is 0 Å². The highest BCUT2D eigenvalue weighted by molar-refractivity contribution is 6.14. The maximum Gasteiger partial charge on any atom is 0.319 e. The van der Waals surface area contributed by atoms with Gasteiger partial charge in [0.15, 0.2) is 5.78 Å². The zero-order valence-corrected chi connectivity index (χ0v) is 14.7. The fourth-order valence-corrected chi connectivity index (χ4v) is 3.34. The van der Waals surface area contributed by atoms with Gasteiger partial charge in [-0.2, -0.15) is 0 Å². The van der Waals surface area contributed by atoms with Gasteiger partial charge in [0.1, 0.15) is 5.76 Å². The molecule has 1 heterocycles. The molecule has 27 heavy (non-hydrogen) atoms. The third-order valence-electron chi connectivity index (χ3n) is 4.72. The summed E-state index contributed by atoms with van der Waals surface area (Å²) in [4.78, 5) is 25.9. The molecule has 4 rings (SSSR count). The monoisotopic (exact) mass is 354 g/mol. The van der Waals surface area contributed by atoms with Crippen LogP contribution < -0.4 is 0 Å². The summed E-state index contributed by atoms with van der Waals surface area (Å²) in [6.45, 7) is 0. The van der Waals surface area contributed by atoms with Crippen molar-refractivity contribution in [1.29, 1.82) is 0 Å². The van der Waals surface area contributed by atoms with Gasteiger partial charge in [0.2, 0.25) is 0 Å². The maximum absolute atomic E-state index is 13.2. The van der Waals surface area contributed by atoms with Crippen molar-refractivity contribution in [2.45, 2.75) is 12.3 Å². The van der Waals surface area contributed by atoms with Gasteiger partial charge in [-0.1, -0.05) is 91.0 Å². The molecule has 1 atom stereocenters. The number of allylic oxidation sites excluding steroid dienone is 1. The lowest BCUT2D eigenvalue weighted by Crippen LogP contribution is -2.25. The lowest BCUT2D eigenvalue weighted by molar-refractivity contribution is -0.139. The van der Waals surface area contributed by atoms with Crippen LogP contribution in [0.3, 0.4) is 0 Å². The second-order valence-corrected chi connectivity index (χ2v) is 6.46. The van der Waals surface area contributed by atoms with E-state index in [0.717, 1.165) is 11.1 Å². The smallest absolute Gasteiger partial charge is 0.319 e. The van der Waals surface area contributed by atoms with Gasteiger partial charge in [-0.05, 0) is 12.0 Å². The quantitative estimate of drug-likeness (QED) is 0.488. The minimum absolute atomic E-state index is 0.108. The van der Waals surface area contributed by atoms with Crippen molar-refractivity contribution in [3.8, 4) is 0 Å². The fourth-order valence-electron chi connectivity index (χ4n) is 3.34. The van der Waals surface area contributed by atoms with E-state index in [2.05, 4.69) is 0 Å². The number of ether oxygens (including phenoxy) is 1. The normalized spacial score (nSPS) is 16.7. The summed E-state index contributed by atoms with van der Waals surface area (Å²) >= 11 is 0. The van der Waals surface area contributed by atoms with Crippen LogP contribution in [0.5, 0.6) is 0 Å². The molecule has 3 aromatic carbocycles. The van der Waals surface area contributed by atoms with Gasteiger partial charge < -0.3 is 4.74 Å². The fraction of sp³-hybridized carbons (Fsp3) is 0.0833. The summed E-state index contributed by atoms with van der Waals surface area (Å²) in [7, 11) is 0. The minimum Gasteiger partial charge on any atom is -0.425 e. The van der Waals surface area contributed by atoms with E-state index < -0.39 is 5.92 Å². The van der Waals surface area contributed by atoms with E-state index in [0.29, 0.717) is 23.3 Å². The molecule has 1 aliphatic rings. The topological polar surface area (TPSA) is 43.4 Å². The van der Waals surface area contributed by atoms with E-state index in [-0.39, 0.29) is 11.8 Å². The van der Waals surface area contributed by atoms with Crippen molar-refractivity contribution in [2.24, 2.45) is 0 Å². The maximum atomic E-state index is 13.2. The average Bonchev–Trinajstić information content (AvgIpc) is 2.75. The molecular formula is C24H18O3. The molecule has 0 saturated carbocycles. The molecular weight excluding hydrogens is 336 g/mol. The number of benzene rings is 3. The number of carbonyl (C=O) groups excluding carboxylic acids is 2. The molecule has 3 nitrogen and oxygen atoms in total. The Morgan fingerprint density at radius 1 is 0.778 bits per heavy atom. The van der Waals surface area contributed by atoms with Crippen LogP contribution in [-0.2, 0) is 9.53 Å². The van der Waals surface area contributed by atoms with E-state index in [1.165, 1.54) is 0 Å². The van der Waals surface area contributed by atoms with Crippen LogP contribution in [0.2, 0.25) is 0 Å². The van der Waals surface area contributed by atoms with Crippen molar-refractivity contribution >= 4 is 17.5 Å². The number of hydrogen-bond donors (Lipinski definition) is 0. The molecule has 0 fully saturated rings. The van der Waals surface area contributed by atoms with Gasteiger partial charge in [0.25, 0.3) is 0 Å². The van der Waals surface area contributed by atoms with Crippen molar-refractivity contribution in [3.05, 3.63) is 113 Å². The summed E-state index contributed by atoms with van der Waals surface area (Å²) < 4.78 is 5.71. The van der Waals surface area contributed by atoms with E-state index in [9.17, 15) is 9.59 Å². The van der Waals surface area contributed by atoms with Crippen molar-refractivity contribution in [2.75, 3.05) is 0 Å². The zero-order valence-electron chi connectivity index (χ0n) is 14.7. The summed E-state index contributed by atoms with van der Waals surface area (Å²) in [5.41, 5.74) is 2.70. The van der Waals surface area contributed by atoms with Crippen LogP contribution in [0.25, 0.3) is 5.76 Å². The lowest BCUT2D eigenvalue weighted by Gasteiger charge is -2.26. The van der Waals surface area contributed by atoms with Crippen LogP contribution in [0, 0.1) is 0 Å². The predicted octanol–water partition coefficient (Wildman–Crippen LogP) is 5.01. The largest absolute Gasteiger partial charge is 0.425 e. The first-order chi connectivity index (χ1) is 13.2. The molecule has 3 heteroatoms. The number of ketones is 1. The SMILES string of the molecule is O=C(C1=C(c2ccccc2)OC(=O)C(c2ccccc2)C1)c1ccccc1. The molecule has 0 radical (unpaired) electrons. The molecule has 132 valence electrons. The number of Topliss-reactive ketones (excluding diaryl/α,β-unsaturated/α-hetero) is 1. The lowest BCUT2D eigenvalue weighted by atomic mass is 9.85. The van der Waals surface area contributed by atoms with E-state index >= 15 is 0 Å². The van der Waals surface area contributed by atoms with Crippen LogP contribution in [-0.4, -0.2) is 11.8 Å². The Kier molecular flexibility index (Phi) is 4.67. The van der Waals surface area contributed by atoms with E-state index in [1.54, 1.807) is 12.1 Å². The Morgan fingerprint density at radius 2 is 1.33 bits per heavy atom. The van der Waals surface area contributed by atoms with Gasteiger partial charge in [-0.15, -0.1) is 0 Å². The Hall–Kier alpha value is -3.46. The first-order valence-corrected chi connectivity index (χ1v) is 8.89. The summed E-state index contributed by atoms with van der Waals surface area (Å²) in [6, 6.07) is 27.9.